The Balaban J connectivity index is 2.31. The Morgan fingerprint density at radius 2 is 2.05 bits per heavy atom. The minimum atomic E-state index is -0.175. The summed E-state index contributed by atoms with van der Waals surface area (Å²) in [7, 11) is 3.25. The molecule has 1 aliphatic rings. The monoisotopic (exact) mass is 304 g/mol. The quantitative estimate of drug-likeness (QED) is 0.917. The van der Waals surface area contributed by atoms with Crippen LogP contribution in [0.1, 0.15) is 16.1 Å². The number of methoxy groups -OCH3 is 1. The molecule has 0 radical (unpaired) electrons. The molecule has 2 aromatic rings. The summed E-state index contributed by atoms with van der Waals surface area (Å²) in [6.45, 7) is 0.415. The predicted molar refractivity (Wildman–Crippen MR) is 79.2 cm³/mol. The Kier molecular flexibility index (Phi) is 3.17. The molecule has 0 unspecified atom stereocenters. The second kappa shape index (κ2) is 4.89. The van der Waals surface area contributed by atoms with E-state index in [1.807, 2.05) is 0 Å². The van der Waals surface area contributed by atoms with Gasteiger partial charge in [0, 0.05) is 12.6 Å². The number of carbonyl (C=O) groups excluding carboxylic acids is 1. The van der Waals surface area contributed by atoms with Crippen LogP contribution in [-0.2, 0) is 6.54 Å². The maximum Gasteiger partial charge on any atom is 0.273 e. The number of fused-ring (bicyclic) bond motifs is 1. The molecule has 1 aromatic heterocycles. The second-order valence-electron chi connectivity index (χ2n) is 4.74. The molecule has 3 rings (SSSR count). The fourth-order valence-electron chi connectivity index (χ4n) is 2.43. The number of benzene rings is 1. The fraction of sp³-hybridized carbons (Fsp3) is 0.214. The molecular weight excluding hydrogens is 292 g/mol. The number of ether oxygens (including phenoxy) is 1. The Bertz CT molecular complexity index is 748. The lowest BCUT2D eigenvalue weighted by atomic mass is 10.0. The molecule has 6 nitrogen and oxygen atoms in total. The van der Waals surface area contributed by atoms with Gasteiger partial charge in [-0.15, -0.1) is 0 Å². The molecule has 0 atom stereocenters. The smallest absolute Gasteiger partial charge is 0.273 e. The van der Waals surface area contributed by atoms with Gasteiger partial charge in [0.2, 0.25) is 5.95 Å². The predicted octanol–water partition coefficient (Wildman–Crippen LogP) is 1.97. The fourth-order valence-corrected chi connectivity index (χ4v) is 2.68. The topological polar surface area (TPSA) is 81.3 Å². The van der Waals surface area contributed by atoms with E-state index >= 15 is 0 Å². The van der Waals surface area contributed by atoms with Gasteiger partial charge in [-0.1, -0.05) is 17.7 Å². The van der Waals surface area contributed by atoms with Crippen molar-refractivity contribution in [2.24, 2.45) is 0 Å². The summed E-state index contributed by atoms with van der Waals surface area (Å²) in [5.41, 5.74) is 7.93. The lowest BCUT2D eigenvalue weighted by molar-refractivity contribution is 0.0812. The lowest BCUT2D eigenvalue weighted by Crippen LogP contribution is -2.18. The largest absolute Gasteiger partial charge is 0.496 e. The number of nitrogens with zero attached hydrogens (tertiary/aromatic N) is 3. The molecule has 1 amide bonds. The first-order valence-corrected chi connectivity index (χ1v) is 6.65. The number of halogens is 1. The third-order valence-electron chi connectivity index (χ3n) is 3.40. The summed E-state index contributed by atoms with van der Waals surface area (Å²) in [5, 5.41) is 0.483. The Morgan fingerprint density at radius 3 is 2.76 bits per heavy atom. The molecule has 0 spiro atoms. The summed E-state index contributed by atoms with van der Waals surface area (Å²) in [6, 6.07) is 5.31. The molecule has 108 valence electrons. The van der Waals surface area contributed by atoms with Crippen molar-refractivity contribution < 1.29 is 9.53 Å². The lowest BCUT2D eigenvalue weighted by Gasteiger charge is -2.13. The van der Waals surface area contributed by atoms with Crippen LogP contribution in [0.3, 0.4) is 0 Å². The number of hydrogen-bond acceptors (Lipinski definition) is 5. The van der Waals surface area contributed by atoms with Crippen LogP contribution in [0.25, 0.3) is 11.3 Å². The maximum atomic E-state index is 12.1. The molecule has 2 N–H and O–H groups in total. The molecule has 0 bridgehead atoms. The van der Waals surface area contributed by atoms with Gasteiger partial charge in [0.15, 0.2) is 0 Å². The van der Waals surface area contributed by atoms with Crippen LogP contribution in [-0.4, -0.2) is 34.9 Å². The molecule has 2 heterocycles. The first-order chi connectivity index (χ1) is 10.0. The van der Waals surface area contributed by atoms with Crippen molar-refractivity contribution in [2.75, 3.05) is 19.9 Å². The highest BCUT2D eigenvalue weighted by atomic mass is 35.5. The molecule has 0 saturated heterocycles. The number of nitrogen functional groups attached to an aromatic ring is 1. The third kappa shape index (κ3) is 2.08. The van der Waals surface area contributed by atoms with Gasteiger partial charge in [-0.05, 0) is 12.1 Å². The van der Waals surface area contributed by atoms with Crippen LogP contribution in [0.5, 0.6) is 5.75 Å². The van der Waals surface area contributed by atoms with Gasteiger partial charge in [0.25, 0.3) is 5.91 Å². The highest BCUT2D eigenvalue weighted by Gasteiger charge is 2.31. The van der Waals surface area contributed by atoms with Crippen molar-refractivity contribution in [3.8, 4) is 17.0 Å². The van der Waals surface area contributed by atoms with E-state index < -0.39 is 0 Å². The summed E-state index contributed by atoms with van der Waals surface area (Å²) in [4.78, 5) is 22.0. The van der Waals surface area contributed by atoms with Crippen LogP contribution in [0.4, 0.5) is 5.95 Å². The van der Waals surface area contributed by atoms with Crippen LogP contribution in [0, 0.1) is 0 Å². The number of rotatable bonds is 2. The first kappa shape index (κ1) is 13.6. The molecular formula is C14H13ClN4O2. The molecule has 1 aliphatic heterocycles. The van der Waals surface area contributed by atoms with Gasteiger partial charge in [-0.3, -0.25) is 4.79 Å². The van der Waals surface area contributed by atoms with Crippen molar-refractivity contribution >= 4 is 23.5 Å². The zero-order valence-electron chi connectivity index (χ0n) is 11.6. The number of hydrogen-bond donors (Lipinski definition) is 1. The number of aromatic nitrogens is 2. The van der Waals surface area contributed by atoms with E-state index in [2.05, 4.69) is 9.97 Å². The first-order valence-electron chi connectivity index (χ1n) is 6.27. The number of nitrogens with two attached hydrogens (primary N) is 1. The van der Waals surface area contributed by atoms with Crippen molar-refractivity contribution in [2.45, 2.75) is 6.54 Å². The standard InChI is InChI=1S/C14H13ClN4O2/c1-19-6-7-11(17-14(16)18-12(7)13(19)20)10-8(15)4-3-5-9(10)21-2/h3-5H,6H2,1-2H3,(H2,16,17,18). The zero-order valence-corrected chi connectivity index (χ0v) is 12.3. The van der Waals surface area contributed by atoms with Gasteiger partial charge in [-0.2, -0.15) is 0 Å². The van der Waals surface area contributed by atoms with E-state index in [9.17, 15) is 4.79 Å². The van der Waals surface area contributed by atoms with Gasteiger partial charge in [-0.25, -0.2) is 9.97 Å². The molecule has 1 aromatic carbocycles. The van der Waals surface area contributed by atoms with E-state index in [0.717, 1.165) is 0 Å². The molecule has 7 heteroatoms. The molecule has 21 heavy (non-hydrogen) atoms. The Labute approximate surface area is 126 Å². The van der Waals surface area contributed by atoms with Crippen LogP contribution >= 0.6 is 11.6 Å². The van der Waals surface area contributed by atoms with E-state index in [0.29, 0.717) is 39.8 Å². The summed E-state index contributed by atoms with van der Waals surface area (Å²) >= 11 is 6.29. The maximum absolute atomic E-state index is 12.1. The van der Waals surface area contributed by atoms with E-state index in [1.165, 1.54) is 0 Å². The molecule has 0 aliphatic carbocycles. The summed E-state index contributed by atoms with van der Waals surface area (Å²) < 4.78 is 5.35. The highest BCUT2D eigenvalue weighted by Crippen LogP contribution is 2.39. The minimum absolute atomic E-state index is 0.0365. The summed E-state index contributed by atoms with van der Waals surface area (Å²) in [5.74, 6) is 0.436. The van der Waals surface area contributed by atoms with Gasteiger partial charge >= 0.3 is 0 Å². The van der Waals surface area contributed by atoms with Crippen molar-refractivity contribution in [3.63, 3.8) is 0 Å². The van der Waals surface area contributed by atoms with E-state index in [4.69, 9.17) is 22.1 Å². The third-order valence-corrected chi connectivity index (χ3v) is 3.72. The van der Waals surface area contributed by atoms with E-state index in [-0.39, 0.29) is 11.9 Å². The normalized spacial score (nSPS) is 13.5. The van der Waals surface area contributed by atoms with Crippen molar-refractivity contribution in [1.82, 2.24) is 14.9 Å². The van der Waals surface area contributed by atoms with Gasteiger partial charge < -0.3 is 15.4 Å². The van der Waals surface area contributed by atoms with Crippen molar-refractivity contribution in [3.05, 3.63) is 34.5 Å². The number of anilines is 1. The Morgan fingerprint density at radius 1 is 1.33 bits per heavy atom. The second-order valence-corrected chi connectivity index (χ2v) is 5.14. The van der Waals surface area contributed by atoms with E-state index in [1.54, 1.807) is 37.3 Å². The molecule has 0 saturated carbocycles. The number of carbonyl (C=O) groups is 1. The number of amides is 1. The summed E-state index contributed by atoms with van der Waals surface area (Å²) in [6.07, 6.45) is 0. The molecule has 0 fully saturated rings. The van der Waals surface area contributed by atoms with Crippen molar-refractivity contribution in [1.29, 1.82) is 0 Å². The van der Waals surface area contributed by atoms with Gasteiger partial charge in [0.05, 0.1) is 29.9 Å². The average molecular weight is 305 g/mol. The zero-order chi connectivity index (χ0) is 15.1. The average Bonchev–Trinajstić information content (AvgIpc) is 2.74. The Hall–Kier alpha value is -2.34. The highest BCUT2D eigenvalue weighted by molar-refractivity contribution is 6.33. The minimum Gasteiger partial charge on any atom is -0.496 e. The van der Waals surface area contributed by atoms with Gasteiger partial charge in [0.1, 0.15) is 11.4 Å². The van der Waals surface area contributed by atoms with Crippen LogP contribution in [0.15, 0.2) is 18.2 Å². The SMILES string of the molecule is COc1cccc(Cl)c1-c1nc(N)nc2c1CN(C)C2=O. The van der Waals surface area contributed by atoms with Crippen LogP contribution in [0.2, 0.25) is 5.02 Å². The van der Waals surface area contributed by atoms with Crippen LogP contribution < -0.4 is 10.5 Å².